The number of pyridine rings is 1. The zero-order chi connectivity index (χ0) is 24.0. The third-order valence-corrected chi connectivity index (χ3v) is 7.33. The molecule has 9 heteroatoms. The van der Waals surface area contributed by atoms with Crippen molar-refractivity contribution in [3.63, 3.8) is 0 Å². The summed E-state index contributed by atoms with van der Waals surface area (Å²) in [6.07, 6.45) is 4.67. The fraction of sp³-hybridized carbons (Fsp3) is 0.0385. The second-order valence-electron chi connectivity index (χ2n) is 8.09. The van der Waals surface area contributed by atoms with Gasteiger partial charge in [0.05, 0.1) is 11.2 Å². The Bertz CT molecular complexity index is 1810. The van der Waals surface area contributed by atoms with Crippen molar-refractivity contribution in [1.29, 1.82) is 0 Å². The Morgan fingerprint density at radius 3 is 2.63 bits per heavy atom. The molecule has 0 saturated carbocycles. The number of hydrogen-bond donors (Lipinski definition) is 1. The van der Waals surface area contributed by atoms with Gasteiger partial charge in [-0.25, -0.2) is 27.3 Å². The van der Waals surface area contributed by atoms with Crippen LogP contribution in [0.1, 0.15) is 5.56 Å². The minimum absolute atomic E-state index is 0.198. The van der Waals surface area contributed by atoms with Gasteiger partial charge < -0.3 is 9.73 Å². The van der Waals surface area contributed by atoms with E-state index in [4.69, 9.17) is 9.40 Å². The number of hydrogen-bond acceptors (Lipinski definition) is 7. The Labute approximate surface area is 201 Å². The Morgan fingerprint density at radius 1 is 0.943 bits per heavy atom. The first-order chi connectivity index (χ1) is 17.0. The molecule has 0 unspecified atom stereocenters. The molecule has 0 fully saturated rings. The Hall–Kier alpha value is -4.50. The highest BCUT2D eigenvalue weighted by molar-refractivity contribution is 7.90. The first-order valence-electron chi connectivity index (χ1n) is 10.9. The Kier molecular flexibility index (Phi) is 4.85. The van der Waals surface area contributed by atoms with Crippen LogP contribution in [0.25, 0.3) is 33.4 Å². The van der Waals surface area contributed by atoms with Gasteiger partial charge in [-0.15, -0.1) is 0 Å². The summed E-state index contributed by atoms with van der Waals surface area (Å²) in [6.45, 7) is 2.02. The fourth-order valence-corrected chi connectivity index (χ4v) is 5.33. The van der Waals surface area contributed by atoms with Gasteiger partial charge in [0.2, 0.25) is 5.95 Å². The molecule has 6 aromatic rings. The van der Waals surface area contributed by atoms with Crippen LogP contribution in [0, 0.1) is 6.92 Å². The minimum atomic E-state index is -3.77. The van der Waals surface area contributed by atoms with Crippen molar-refractivity contribution >= 4 is 43.8 Å². The molecule has 0 bridgehead atoms. The van der Waals surface area contributed by atoms with Crippen LogP contribution < -0.4 is 5.32 Å². The second-order valence-corrected chi connectivity index (χ2v) is 9.91. The van der Waals surface area contributed by atoms with E-state index in [9.17, 15) is 8.42 Å². The highest BCUT2D eigenvalue weighted by Gasteiger charge is 2.20. The third-order valence-electron chi connectivity index (χ3n) is 5.64. The molecule has 0 aliphatic rings. The number of aromatic nitrogens is 4. The Balaban J connectivity index is 1.44. The van der Waals surface area contributed by atoms with E-state index in [0.29, 0.717) is 39.3 Å². The molecule has 4 heterocycles. The van der Waals surface area contributed by atoms with Gasteiger partial charge in [-0.2, -0.15) is 0 Å². The predicted molar refractivity (Wildman–Crippen MR) is 134 cm³/mol. The fourth-order valence-electron chi connectivity index (χ4n) is 4.00. The van der Waals surface area contributed by atoms with E-state index in [1.165, 1.54) is 10.2 Å². The van der Waals surface area contributed by atoms with Crippen molar-refractivity contribution in [1.82, 2.24) is 18.9 Å². The van der Waals surface area contributed by atoms with E-state index in [-0.39, 0.29) is 4.90 Å². The van der Waals surface area contributed by atoms with Gasteiger partial charge in [0.1, 0.15) is 11.2 Å². The lowest BCUT2D eigenvalue weighted by atomic mass is 10.1. The lowest BCUT2D eigenvalue weighted by molar-refractivity contribution is 0.588. The predicted octanol–water partition coefficient (Wildman–Crippen LogP) is 5.53. The highest BCUT2D eigenvalue weighted by atomic mass is 32.2. The monoisotopic (exact) mass is 481 g/mol. The van der Waals surface area contributed by atoms with E-state index in [1.807, 2.05) is 37.3 Å². The number of nitrogens with zero attached hydrogens (tertiary/aromatic N) is 4. The third kappa shape index (κ3) is 3.71. The van der Waals surface area contributed by atoms with E-state index < -0.39 is 10.0 Å². The first-order valence-corrected chi connectivity index (χ1v) is 12.3. The minimum Gasteiger partial charge on any atom is -0.460 e. The molecule has 0 spiro atoms. The maximum Gasteiger partial charge on any atom is 0.269 e. The molecule has 6 rings (SSSR count). The van der Waals surface area contributed by atoms with E-state index in [1.54, 1.807) is 54.9 Å². The van der Waals surface area contributed by atoms with E-state index in [0.717, 1.165) is 11.3 Å². The van der Waals surface area contributed by atoms with Gasteiger partial charge in [-0.1, -0.05) is 30.3 Å². The molecule has 0 atom stereocenters. The summed E-state index contributed by atoms with van der Waals surface area (Å²) < 4.78 is 33.1. The number of anilines is 2. The van der Waals surface area contributed by atoms with Crippen LogP contribution in [0.5, 0.6) is 0 Å². The summed E-state index contributed by atoms with van der Waals surface area (Å²) in [4.78, 5) is 13.9. The van der Waals surface area contributed by atoms with Crippen molar-refractivity contribution in [2.45, 2.75) is 11.8 Å². The number of aryl methyl sites for hydroxylation is 1. The summed E-state index contributed by atoms with van der Waals surface area (Å²) in [5.41, 5.74) is 4.73. The zero-order valence-corrected chi connectivity index (χ0v) is 19.4. The average molecular weight is 482 g/mol. The summed E-state index contributed by atoms with van der Waals surface area (Å²) in [6, 6.07) is 21.5. The first kappa shape index (κ1) is 21.1. The quantitative estimate of drug-likeness (QED) is 0.345. The van der Waals surface area contributed by atoms with Crippen LogP contribution in [-0.2, 0) is 10.0 Å². The highest BCUT2D eigenvalue weighted by Crippen LogP contribution is 2.31. The van der Waals surface area contributed by atoms with Gasteiger partial charge in [-0.05, 0) is 48.9 Å². The molecule has 1 N–H and O–H groups in total. The number of fused-ring (bicyclic) bond motifs is 2. The molecule has 172 valence electrons. The molecule has 0 aliphatic carbocycles. The van der Waals surface area contributed by atoms with Crippen LogP contribution in [0.2, 0.25) is 0 Å². The molecule has 4 aromatic heterocycles. The van der Waals surface area contributed by atoms with Gasteiger partial charge >= 0.3 is 0 Å². The van der Waals surface area contributed by atoms with Gasteiger partial charge in [0, 0.05) is 35.1 Å². The average Bonchev–Trinajstić information content (AvgIpc) is 3.51. The largest absolute Gasteiger partial charge is 0.460 e. The van der Waals surface area contributed by atoms with E-state index >= 15 is 0 Å². The van der Waals surface area contributed by atoms with Crippen molar-refractivity contribution < 1.29 is 12.8 Å². The lowest BCUT2D eigenvalue weighted by Crippen LogP contribution is -2.12. The number of benzene rings is 2. The maximum atomic E-state index is 13.1. The topological polar surface area (TPSA) is 103 Å². The smallest absolute Gasteiger partial charge is 0.269 e. The van der Waals surface area contributed by atoms with Crippen LogP contribution >= 0.6 is 0 Å². The summed E-state index contributed by atoms with van der Waals surface area (Å²) >= 11 is 0. The molecule has 0 aliphatic heterocycles. The number of furan rings is 1. The summed E-state index contributed by atoms with van der Waals surface area (Å²) in [5.74, 6) is 0.420. The van der Waals surface area contributed by atoms with Crippen molar-refractivity contribution in [3.8, 4) is 11.3 Å². The SMILES string of the molecule is Cc1cccc(Nc2nc(-c3cnc4c(ccn4S(=O)(=O)c4ccccc4)c3)c3occc3n2)c1. The van der Waals surface area contributed by atoms with Crippen LogP contribution in [0.15, 0.2) is 101 Å². The van der Waals surface area contributed by atoms with Crippen LogP contribution in [0.3, 0.4) is 0 Å². The van der Waals surface area contributed by atoms with Gasteiger partial charge in [-0.3, -0.25) is 0 Å². The molecule has 8 nitrogen and oxygen atoms in total. The van der Waals surface area contributed by atoms with Crippen LogP contribution in [-0.4, -0.2) is 27.3 Å². The summed E-state index contributed by atoms with van der Waals surface area (Å²) in [5, 5.41) is 3.91. The molecular weight excluding hydrogens is 462 g/mol. The van der Waals surface area contributed by atoms with Gasteiger partial charge in [0.15, 0.2) is 11.2 Å². The standard InChI is InChI=1S/C26H19N5O3S/c1-17-6-5-7-20(14-17)28-26-29-22-11-13-34-24(22)23(30-26)19-15-18-10-12-31(25(18)27-16-19)35(32,33)21-8-3-2-4-9-21/h2-16H,1H3,(H,28,29,30). The molecule has 0 amide bonds. The van der Waals surface area contributed by atoms with Crippen molar-refractivity contribution in [2.24, 2.45) is 0 Å². The zero-order valence-electron chi connectivity index (χ0n) is 18.6. The normalized spacial score (nSPS) is 11.8. The van der Waals surface area contributed by atoms with Gasteiger partial charge in [0.25, 0.3) is 10.0 Å². The molecule has 35 heavy (non-hydrogen) atoms. The lowest BCUT2D eigenvalue weighted by Gasteiger charge is -2.09. The maximum absolute atomic E-state index is 13.1. The van der Waals surface area contributed by atoms with Crippen LogP contribution in [0.4, 0.5) is 11.6 Å². The van der Waals surface area contributed by atoms with E-state index in [2.05, 4.69) is 15.3 Å². The summed E-state index contributed by atoms with van der Waals surface area (Å²) in [7, 11) is -3.77. The second kappa shape index (κ2) is 8.07. The molecular formula is C26H19N5O3S. The molecule has 0 saturated heterocycles. The molecule has 2 aromatic carbocycles. The number of rotatable bonds is 5. The van der Waals surface area contributed by atoms with Crippen molar-refractivity contribution in [3.05, 3.63) is 97.0 Å². The Morgan fingerprint density at radius 2 is 1.80 bits per heavy atom. The molecule has 0 radical (unpaired) electrons. The number of nitrogens with one attached hydrogen (secondary N) is 1. The van der Waals surface area contributed by atoms with Crippen molar-refractivity contribution in [2.75, 3.05) is 5.32 Å².